The van der Waals surface area contributed by atoms with Crippen LogP contribution in [0.4, 0.5) is 0 Å². The van der Waals surface area contributed by atoms with E-state index >= 15 is 0 Å². The highest BCUT2D eigenvalue weighted by atomic mass is 32.2. The van der Waals surface area contributed by atoms with Gasteiger partial charge < -0.3 is 4.90 Å². The molecule has 0 atom stereocenters. The molecule has 0 spiro atoms. The minimum absolute atomic E-state index is 0.282. The number of carbonyl (C=O) groups excluding carboxylic acids is 1. The maximum Gasteiger partial charge on any atom is 0.227 e. The van der Waals surface area contributed by atoms with Crippen molar-refractivity contribution in [1.29, 1.82) is 0 Å². The molecule has 1 amide bonds. The number of nitrogens with zero attached hydrogens (tertiary/aromatic N) is 1. The molecule has 2 nitrogen and oxygen atoms in total. The molecule has 1 heterocycles. The molecule has 22 heavy (non-hydrogen) atoms. The van der Waals surface area contributed by atoms with Crippen molar-refractivity contribution in [1.82, 2.24) is 4.90 Å². The molecule has 118 valence electrons. The van der Waals surface area contributed by atoms with Crippen LogP contribution in [-0.2, 0) is 11.2 Å². The molecule has 0 bridgehead atoms. The number of allylic oxidation sites excluding steroid dienone is 1. The molecule has 3 rings (SSSR count). The number of thioether (sulfide) groups is 1. The third kappa shape index (κ3) is 4.16. The smallest absolute Gasteiger partial charge is 0.227 e. The van der Waals surface area contributed by atoms with E-state index in [2.05, 4.69) is 38.1 Å². The molecule has 1 saturated heterocycles. The van der Waals surface area contributed by atoms with Gasteiger partial charge in [-0.15, -0.1) is 11.8 Å². The van der Waals surface area contributed by atoms with E-state index in [1.54, 1.807) is 11.1 Å². The van der Waals surface area contributed by atoms with Crippen LogP contribution in [0.5, 0.6) is 0 Å². The van der Waals surface area contributed by atoms with E-state index in [0.717, 1.165) is 31.5 Å². The number of carbonyl (C=O) groups is 1. The molecule has 1 saturated carbocycles. The number of likely N-dealkylation sites (tertiary alicyclic amines) is 1. The topological polar surface area (TPSA) is 20.3 Å². The summed E-state index contributed by atoms with van der Waals surface area (Å²) in [5, 5.41) is 0.593. The second-order valence-corrected chi connectivity index (χ2v) is 8.23. The first-order valence-electron chi connectivity index (χ1n) is 8.35. The molecule has 1 aliphatic carbocycles. The lowest BCUT2D eigenvalue weighted by atomic mass is 10.0. The summed E-state index contributed by atoms with van der Waals surface area (Å²) in [6, 6.07) is 8.48. The second kappa shape index (κ2) is 6.91. The monoisotopic (exact) mass is 315 g/mol. The van der Waals surface area contributed by atoms with Gasteiger partial charge in [0, 0.05) is 23.2 Å². The van der Waals surface area contributed by atoms with Crippen molar-refractivity contribution in [2.75, 3.05) is 13.1 Å². The van der Waals surface area contributed by atoms with Gasteiger partial charge in [0.05, 0.1) is 6.42 Å². The van der Waals surface area contributed by atoms with Crippen LogP contribution in [0.3, 0.4) is 0 Å². The maximum atomic E-state index is 12.4. The van der Waals surface area contributed by atoms with Crippen LogP contribution >= 0.6 is 11.8 Å². The van der Waals surface area contributed by atoms with Gasteiger partial charge in [0.1, 0.15) is 0 Å². The van der Waals surface area contributed by atoms with E-state index in [9.17, 15) is 4.79 Å². The summed E-state index contributed by atoms with van der Waals surface area (Å²) in [5.74, 6) is 0.282. The molecular weight excluding hydrogens is 290 g/mol. The highest BCUT2D eigenvalue weighted by molar-refractivity contribution is 7.99. The van der Waals surface area contributed by atoms with E-state index in [4.69, 9.17) is 0 Å². The van der Waals surface area contributed by atoms with Crippen LogP contribution in [0.25, 0.3) is 0 Å². The Morgan fingerprint density at radius 2 is 1.64 bits per heavy atom. The highest BCUT2D eigenvalue weighted by Crippen LogP contribution is 2.36. The van der Waals surface area contributed by atoms with Gasteiger partial charge >= 0.3 is 0 Å². The average Bonchev–Trinajstić information content (AvgIpc) is 3.34. The Kier molecular flexibility index (Phi) is 4.92. The standard InChI is InChI=1S/C19H25NOS/c1-14(2)22-18-7-3-15(4-8-18)13-19(21)20-11-9-17(10-12-20)16-5-6-16/h3-4,7-8,14H,5-6,9-13H2,1-2H3. The third-order valence-corrected chi connectivity index (χ3v) is 5.39. The molecule has 3 heteroatoms. The summed E-state index contributed by atoms with van der Waals surface area (Å²) in [6.07, 6.45) is 5.36. The molecular formula is C19H25NOS. The van der Waals surface area contributed by atoms with Crippen molar-refractivity contribution in [3.8, 4) is 0 Å². The molecule has 1 aliphatic heterocycles. The summed E-state index contributed by atoms with van der Waals surface area (Å²) >= 11 is 1.86. The fourth-order valence-corrected chi connectivity index (χ4v) is 3.88. The van der Waals surface area contributed by atoms with Crippen LogP contribution in [-0.4, -0.2) is 29.1 Å². The van der Waals surface area contributed by atoms with E-state index in [-0.39, 0.29) is 5.91 Å². The number of piperidine rings is 1. The number of hydrogen-bond donors (Lipinski definition) is 0. The van der Waals surface area contributed by atoms with Gasteiger partial charge in [-0.05, 0) is 43.4 Å². The molecule has 0 aromatic heterocycles. The quantitative estimate of drug-likeness (QED) is 0.604. The van der Waals surface area contributed by atoms with Crippen molar-refractivity contribution >= 4 is 17.7 Å². The van der Waals surface area contributed by atoms with Gasteiger partial charge in [0.2, 0.25) is 5.91 Å². The van der Waals surface area contributed by atoms with E-state index in [0.29, 0.717) is 11.7 Å². The maximum absolute atomic E-state index is 12.4. The first kappa shape index (κ1) is 15.7. The lowest BCUT2D eigenvalue weighted by Gasteiger charge is -2.28. The predicted octanol–water partition coefficient (Wildman–Crippen LogP) is 4.44. The first-order valence-corrected chi connectivity index (χ1v) is 9.23. The summed E-state index contributed by atoms with van der Waals surface area (Å²) in [6.45, 7) is 6.23. The van der Waals surface area contributed by atoms with Gasteiger partial charge in [-0.25, -0.2) is 0 Å². The molecule has 2 fully saturated rings. The van der Waals surface area contributed by atoms with E-state index in [1.807, 2.05) is 16.7 Å². The lowest BCUT2D eigenvalue weighted by Crippen LogP contribution is -2.37. The molecule has 0 N–H and O–H groups in total. The van der Waals surface area contributed by atoms with Gasteiger partial charge in [-0.3, -0.25) is 4.79 Å². The normalized spacial score (nSPS) is 18.0. The van der Waals surface area contributed by atoms with Gasteiger partial charge in [-0.2, -0.15) is 0 Å². The number of amides is 1. The lowest BCUT2D eigenvalue weighted by molar-refractivity contribution is -0.130. The van der Waals surface area contributed by atoms with Crippen molar-refractivity contribution in [3.63, 3.8) is 0 Å². The van der Waals surface area contributed by atoms with Crippen molar-refractivity contribution in [3.05, 3.63) is 41.0 Å². The van der Waals surface area contributed by atoms with Crippen molar-refractivity contribution in [2.45, 2.75) is 56.1 Å². The largest absolute Gasteiger partial charge is 0.342 e. The molecule has 0 radical (unpaired) electrons. The SMILES string of the molecule is CC(C)Sc1ccc(CC(=O)N2CCC(=C3CC3)CC2)cc1. The number of rotatable bonds is 4. The summed E-state index contributed by atoms with van der Waals surface area (Å²) in [4.78, 5) is 15.8. The zero-order valence-corrected chi connectivity index (χ0v) is 14.4. The van der Waals surface area contributed by atoms with Crippen LogP contribution in [0.1, 0.15) is 45.1 Å². The summed E-state index contributed by atoms with van der Waals surface area (Å²) in [5.41, 5.74) is 4.44. The van der Waals surface area contributed by atoms with Gasteiger partial charge in [0.15, 0.2) is 0 Å². The van der Waals surface area contributed by atoms with Crippen LogP contribution < -0.4 is 0 Å². The fraction of sp³-hybridized carbons (Fsp3) is 0.526. The Hall–Kier alpha value is -1.22. The Morgan fingerprint density at radius 1 is 1.05 bits per heavy atom. The van der Waals surface area contributed by atoms with Gasteiger partial charge in [0.25, 0.3) is 0 Å². The van der Waals surface area contributed by atoms with Crippen molar-refractivity contribution in [2.24, 2.45) is 0 Å². The summed E-state index contributed by atoms with van der Waals surface area (Å²) in [7, 11) is 0. The first-order chi connectivity index (χ1) is 10.6. The molecule has 1 aromatic rings. The highest BCUT2D eigenvalue weighted by Gasteiger charge is 2.24. The summed E-state index contributed by atoms with van der Waals surface area (Å²) < 4.78 is 0. The Labute approximate surface area is 138 Å². The number of benzene rings is 1. The Morgan fingerprint density at radius 3 is 2.18 bits per heavy atom. The second-order valence-electron chi connectivity index (χ2n) is 6.58. The minimum atomic E-state index is 0.282. The van der Waals surface area contributed by atoms with Crippen LogP contribution in [0.2, 0.25) is 0 Å². The Bertz CT molecular complexity index is 558. The molecule has 0 unspecified atom stereocenters. The fourth-order valence-electron chi connectivity index (χ4n) is 3.04. The van der Waals surface area contributed by atoms with Gasteiger partial charge in [-0.1, -0.05) is 37.1 Å². The minimum Gasteiger partial charge on any atom is -0.342 e. The van der Waals surface area contributed by atoms with Crippen LogP contribution in [0, 0.1) is 0 Å². The predicted molar refractivity (Wildman–Crippen MR) is 93.2 cm³/mol. The van der Waals surface area contributed by atoms with Crippen molar-refractivity contribution < 1.29 is 4.79 Å². The van der Waals surface area contributed by atoms with Crippen LogP contribution in [0.15, 0.2) is 40.3 Å². The van der Waals surface area contributed by atoms with E-state index < -0.39 is 0 Å². The Balaban J connectivity index is 1.52. The van der Waals surface area contributed by atoms with E-state index in [1.165, 1.54) is 17.7 Å². The molecule has 1 aromatic carbocycles. The molecule has 2 aliphatic rings. The zero-order valence-electron chi connectivity index (χ0n) is 13.6. The zero-order chi connectivity index (χ0) is 15.5. The number of hydrogen-bond acceptors (Lipinski definition) is 2. The third-order valence-electron chi connectivity index (χ3n) is 4.37. The average molecular weight is 315 g/mol.